The maximum atomic E-state index is 13.5. The van der Waals surface area contributed by atoms with E-state index in [1.807, 2.05) is 19.9 Å². The van der Waals surface area contributed by atoms with E-state index in [1.165, 1.54) is 19.2 Å². The van der Waals surface area contributed by atoms with Crippen LogP contribution in [0.4, 0.5) is 11.4 Å². The Labute approximate surface area is 191 Å². The van der Waals surface area contributed by atoms with Gasteiger partial charge in [0.15, 0.2) is 0 Å². The molecule has 6 nitrogen and oxygen atoms in total. The highest BCUT2D eigenvalue weighted by Crippen LogP contribution is 2.33. The van der Waals surface area contributed by atoms with Crippen LogP contribution in [0.1, 0.15) is 11.1 Å². The van der Waals surface area contributed by atoms with E-state index in [-0.39, 0.29) is 4.90 Å². The summed E-state index contributed by atoms with van der Waals surface area (Å²) in [5.74, 6) is -0.112. The Morgan fingerprint density at radius 1 is 0.968 bits per heavy atom. The molecule has 162 valence electrons. The highest BCUT2D eigenvalue weighted by atomic mass is 79.9. The van der Waals surface area contributed by atoms with E-state index in [4.69, 9.17) is 4.74 Å². The van der Waals surface area contributed by atoms with Crippen LogP contribution in [0.5, 0.6) is 5.75 Å². The Hall–Kier alpha value is -2.84. The molecule has 0 fully saturated rings. The smallest absolute Gasteiger partial charge is 0.264 e. The van der Waals surface area contributed by atoms with Crippen LogP contribution >= 0.6 is 15.9 Å². The number of anilines is 2. The molecule has 0 spiro atoms. The number of carbonyl (C=O) groups is 1. The first-order valence-corrected chi connectivity index (χ1v) is 11.7. The van der Waals surface area contributed by atoms with Crippen LogP contribution in [-0.4, -0.2) is 28.0 Å². The molecule has 31 heavy (non-hydrogen) atoms. The van der Waals surface area contributed by atoms with Crippen molar-refractivity contribution in [2.24, 2.45) is 0 Å². The summed E-state index contributed by atoms with van der Waals surface area (Å²) < 4.78 is 34.4. The summed E-state index contributed by atoms with van der Waals surface area (Å²) in [6.45, 7) is 3.32. The molecule has 0 aliphatic heterocycles. The van der Waals surface area contributed by atoms with Crippen LogP contribution < -0.4 is 14.4 Å². The van der Waals surface area contributed by atoms with E-state index in [0.717, 1.165) is 19.9 Å². The van der Waals surface area contributed by atoms with Gasteiger partial charge < -0.3 is 10.1 Å². The minimum atomic E-state index is -4.03. The van der Waals surface area contributed by atoms with Gasteiger partial charge in [0.2, 0.25) is 5.91 Å². The fourth-order valence-corrected chi connectivity index (χ4v) is 4.68. The topological polar surface area (TPSA) is 75.7 Å². The van der Waals surface area contributed by atoms with Gasteiger partial charge in [0, 0.05) is 10.2 Å². The second-order valence-electron chi connectivity index (χ2n) is 7.06. The summed E-state index contributed by atoms with van der Waals surface area (Å²) in [6.07, 6.45) is 0. The predicted octanol–water partition coefficient (Wildman–Crippen LogP) is 4.91. The lowest BCUT2D eigenvalue weighted by molar-refractivity contribution is -0.114. The highest BCUT2D eigenvalue weighted by molar-refractivity contribution is 9.10. The predicted molar refractivity (Wildman–Crippen MR) is 126 cm³/mol. The monoisotopic (exact) mass is 502 g/mol. The summed E-state index contributed by atoms with van der Waals surface area (Å²) in [4.78, 5) is 12.9. The van der Waals surface area contributed by atoms with E-state index in [2.05, 4.69) is 21.2 Å². The number of benzene rings is 3. The zero-order chi connectivity index (χ0) is 22.6. The molecule has 3 aromatic carbocycles. The number of sulfonamides is 1. The van der Waals surface area contributed by atoms with Crippen molar-refractivity contribution in [3.8, 4) is 5.75 Å². The number of ether oxygens (including phenoxy) is 1. The highest BCUT2D eigenvalue weighted by Gasteiger charge is 2.29. The van der Waals surface area contributed by atoms with Gasteiger partial charge in [0.1, 0.15) is 12.3 Å². The summed E-state index contributed by atoms with van der Waals surface area (Å²) in [5, 5.41) is 2.75. The maximum absolute atomic E-state index is 13.5. The second kappa shape index (κ2) is 9.53. The van der Waals surface area contributed by atoms with Crippen LogP contribution in [0, 0.1) is 13.8 Å². The number of methoxy groups -OCH3 is 1. The molecule has 0 aromatic heterocycles. The summed E-state index contributed by atoms with van der Waals surface area (Å²) in [7, 11) is -2.56. The third kappa shape index (κ3) is 5.45. The number of hydrogen-bond acceptors (Lipinski definition) is 4. The number of halogens is 1. The average Bonchev–Trinajstić information content (AvgIpc) is 2.74. The summed E-state index contributed by atoms with van der Waals surface area (Å²) >= 11 is 3.35. The van der Waals surface area contributed by atoms with Crippen LogP contribution in [0.15, 0.2) is 76.1 Å². The third-order valence-corrected chi connectivity index (χ3v) is 6.93. The molecule has 0 atom stereocenters. The lowest BCUT2D eigenvalue weighted by Gasteiger charge is -2.26. The fraction of sp³-hybridized carbons (Fsp3) is 0.174. The van der Waals surface area contributed by atoms with E-state index in [0.29, 0.717) is 17.1 Å². The van der Waals surface area contributed by atoms with Gasteiger partial charge in [-0.1, -0.05) is 39.7 Å². The minimum Gasteiger partial charge on any atom is -0.495 e. The van der Waals surface area contributed by atoms with E-state index >= 15 is 0 Å². The molecule has 0 aliphatic carbocycles. The van der Waals surface area contributed by atoms with Crippen molar-refractivity contribution in [1.82, 2.24) is 0 Å². The first-order chi connectivity index (χ1) is 14.7. The lowest BCUT2D eigenvalue weighted by atomic mass is 10.2. The van der Waals surface area contributed by atoms with Gasteiger partial charge in [0.25, 0.3) is 10.0 Å². The van der Waals surface area contributed by atoms with Gasteiger partial charge in [-0.25, -0.2) is 8.42 Å². The van der Waals surface area contributed by atoms with E-state index < -0.39 is 22.5 Å². The van der Waals surface area contributed by atoms with Gasteiger partial charge in [-0.15, -0.1) is 0 Å². The standard InChI is InChI=1S/C23H23BrN2O4S/c1-16-4-11-20(12-5-16)31(28,29)26(21-14-17(2)6-13-22(21)30-3)15-23(27)25-19-9-7-18(24)8-10-19/h4-14H,15H2,1-3H3,(H,25,27). The number of hydrogen-bond donors (Lipinski definition) is 1. The van der Waals surface area contributed by atoms with E-state index in [1.54, 1.807) is 48.5 Å². The summed E-state index contributed by atoms with van der Waals surface area (Å²) in [5.41, 5.74) is 2.64. The van der Waals surface area contributed by atoms with Crippen molar-refractivity contribution in [2.75, 3.05) is 23.3 Å². The number of carbonyl (C=O) groups excluding carboxylic acids is 1. The Bertz CT molecular complexity index is 1180. The third-order valence-electron chi connectivity index (χ3n) is 4.63. The zero-order valence-corrected chi connectivity index (χ0v) is 19.8. The molecule has 0 saturated heterocycles. The maximum Gasteiger partial charge on any atom is 0.264 e. The minimum absolute atomic E-state index is 0.0955. The number of nitrogens with zero attached hydrogens (tertiary/aromatic N) is 1. The number of rotatable bonds is 7. The van der Waals surface area contributed by atoms with Crippen LogP contribution in [-0.2, 0) is 14.8 Å². The quantitative estimate of drug-likeness (QED) is 0.497. The summed E-state index contributed by atoms with van der Waals surface area (Å²) in [6, 6.07) is 18.8. The molecule has 0 radical (unpaired) electrons. The Morgan fingerprint density at radius 3 is 2.19 bits per heavy atom. The van der Waals surface area contributed by atoms with Gasteiger partial charge >= 0.3 is 0 Å². The molecule has 1 amide bonds. The van der Waals surface area contributed by atoms with Crippen molar-refractivity contribution in [3.63, 3.8) is 0 Å². The first-order valence-electron chi connectivity index (χ1n) is 9.50. The van der Waals surface area contributed by atoms with Crippen molar-refractivity contribution < 1.29 is 17.9 Å². The van der Waals surface area contributed by atoms with Gasteiger partial charge in [-0.2, -0.15) is 0 Å². The number of nitrogens with one attached hydrogen (secondary N) is 1. The van der Waals surface area contributed by atoms with Crippen LogP contribution in [0.2, 0.25) is 0 Å². The van der Waals surface area contributed by atoms with Crippen molar-refractivity contribution >= 4 is 43.2 Å². The van der Waals surface area contributed by atoms with Crippen LogP contribution in [0.3, 0.4) is 0 Å². The fourth-order valence-electron chi connectivity index (χ4n) is 3.00. The average molecular weight is 503 g/mol. The molecule has 0 heterocycles. The van der Waals surface area contributed by atoms with Crippen molar-refractivity contribution in [3.05, 3.63) is 82.3 Å². The molecule has 3 rings (SSSR count). The Kier molecular flexibility index (Phi) is 7.02. The Balaban J connectivity index is 2.02. The molecule has 0 bridgehead atoms. The van der Waals surface area contributed by atoms with E-state index in [9.17, 15) is 13.2 Å². The zero-order valence-electron chi connectivity index (χ0n) is 17.4. The van der Waals surface area contributed by atoms with Crippen molar-refractivity contribution in [1.29, 1.82) is 0 Å². The molecular weight excluding hydrogens is 480 g/mol. The van der Waals surface area contributed by atoms with Gasteiger partial charge in [-0.3, -0.25) is 9.10 Å². The Morgan fingerprint density at radius 2 is 1.58 bits per heavy atom. The molecule has 0 aliphatic rings. The molecule has 3 aromatic rings. The normalized spacial score (nSPS) is 11.1. The first kappa shape index (κ1) is 22.8. The largest absolute Gasteiger partial charge is 0.495 e. The molecular formula is C23H23BrN2O4S. The SMILES string of the molecule is COc1ccc(C)cc1N(CC(=O)Nc1ccc(Br)cc1)S(=O)(=O)c1ccc(C)cc1. The molecule has 1 N–H and O–H groups in total. The van der Waals surface area contributed by atoms with Crippen LogP contribution in [0.25, 0.3) is 0 Å². The molecule has 8 heteroatoms. The second-order valence-corrected chi connectivity index (χ2v) is 9.83. The van der Waals surface area contributed by atoms with Gasteiger partial charge in [0.05, 0.1) is 17.7 Å². The van der Waals surface area contributed by atoms with Gasteiger partial charge in [-0.05, 0) is 67.9 Å². The molecule has 0 unspecified atom stereocenters. The van der Waals surface area contributed by atoms with Crippen molar-refractivity contribution in [2.45, 2.75) is 18.7 Å². The number of aryl methyl sites for hydroxylation is 2. The number of amides is 1. The molecule has 0 saturated carbocycles. The lowest BCUT2D eigenvalue weighted by Crippen LogP contribution is -2.38.